The monoisotopic (exact) mass is 324 g/mol. The summed E-state index contributed by atoms with van der Waals surface area (Å²) >= 11 is -3.79. The minimum atomic E-state index is -3.79. The molecule has 0 spiro atoms. The third kappa shape index (κ3) is 50.9. The normalized spacial score (nSPS) is 4.38. The van der Waals surface area contributed by atoms with E-state index in [1.807, 2.05) is 0 Å². The van der Waals surface area contributed by atoms with Gasteiger partial charge in [0.1, 0.15) is 0 Å². The molecule has 0 N–H and O–H groups in total. The summed E-state index contributed by atoms with van der Waals surface area (Å²) in [7, 11) is 0. The predicted molar refractivity (Wildman–Crippen MR) is 6.44 cm³/mol. The molecule has 0 fully saturated rings. The van der Waals surface area contributed by atoms with Crippen molar-refractivity contribution in [2.24, 2.45) is 0 Å². The summed E-state index contributed by atoms with van der Waals surface area (Å²) in [5.74, 6) is 0. The molecule has 8 heavy (non-hydrogen) atoms. The Labute approximate surface area is 136 Å². The molecule has 0 saturated carbocycles. The average Bonchev–Trinajstić information content (AvgIpc) is 0.811. The molecule has 0 aromatic carbocycles. The van der Waals surface area contributed by atoms with Crippen molar-refractivity contribution in [1.82, 2.24) is 0 Å². The maximum Gasteiger partial charge on any atom is 1.00 e. The molecule has 0 radical (unpaired) electrons. The van der Waals surface area contributed by atoms with Crippen LogP contribution in [0.25, 0.3) is 0 Å². The SMILES string of the molecule is O=[Se]([O-])[O-].[I-].[Na+].[Na+].[Na+]. The molecule has 0 unspecified atom stereocenters. The van der Waals surface area contributed by atoms with E-state index >= 15 is 0 Å². The zero-order valence-corrected chi connectivity index (χ0v) is 14.9. The van der Waals surface area contributed by atoms with Crippen LogP contribution >= 0.6 is 0 Å². The van der Waals surface area contributed by atoms with Crippen LogP contribution in [0, 0.1) is 0 Å². The number of halogens is 1. The van der Waals surface area contributed by atoms with E-state index in [0.717, 1.165) is 0 Å². The summed E-state index contributed by atoms with van der Waals surface area (Å²) in [5, 5.41) is 0. The molecular weight excluding hydrogens is 323 g/mol. The topological polar surface area (TPSA) is 63.2 Å². The van der Waals surface area contributed by atoms with E-state index in [4.69, 9.17) is 12.2 Å². The van der Waals surface area contributed by atoms with Crippen LogP contribution < -0.4 is 121 Å². The molecule has 34 valence electrons. The zero-order valence-electron chi connectivity index (χ0n) is 5.01. The van der Waals surface area contributed by atoms with Gasteiger partial charge in [0.25, 0.3) is 0 Å². The molecule has 0 aliphatic carbocycles. The molecule has 0 rings (SSSR count). The molecule has 0 heterocycles. The fourth-order valence-corrected chi connectivity index (χ4v) is 0. The molecular formula is INa3O3Se. The molecule has 0 aliphatic heterocycles. The van der Waals surface area contributed by atoms with Crippen LogP contribution in [-0.2, 0) is 3.83 Å². The Kier molecular flexibility index (Phi) is 83.2. The molecule has 0 aromatic rings. The first-order valence-corrected chi connectivity index (χ1v) is 2.60. The molecule has 0 bridgehead atoms. The van der Waals surface area contributed by atoms with Gasteiger partial charge in [-0.15, -0.1) is 0 Å². The smallest absolute Gasteiger partial charge is 1.00 e. The van der Waals surface area contributed by atoms with Crippen LogP contribution in [0.1, 0.15) is 0 Å². The van der Waals surface area contributed by atoms with Crippen molar-refractivity contribution in [3.63, 3.8) is 0 Å². The van der Waals surface area contributed by atoms with Gasteiger partial charge in [0.15, 0.2) is 0 Å². The van der Waals surface area contributed by atoms with Gasteiger partial charge in [-0.05, 0) is 0 Å². The minimum Gasteiger partial charge on any atom is -1.00 e. The van der Waals surface area contributed by atoms with Crippen LogP contribution in [-0.4, -0.2) is 14.5 Å². The van der Waals surface area contributed by atoms with Crippen LogP contribution in [0.5, 0.6) is 0 Å². The Morgan fingerprint density at radius 2 is 1.00 bits per heavy atom. The van der Waals surface area contributed by atoms with Gasteiger partial charge in [0, 0.05) is 0 Å². The third-order valence-corrected chi connectivity index (χ3v) is 0. The van der Waals surface area contributed by atoms with E-state index in [9.17, 15) is 0 Å². The quantitative estimate of drug-likeness (QED) is 0.329. The van der Waals surface area contributed by atoms with E-state index in [1.165, 1.54) is 0 Å². The van der Waals surface area contributed by atoms with Gasteiger partial charge in [0.2, 0.25) is 0 Å². The fourth-order valence-electron chi connectivity index (χ4n) is 0. The standard InChI is InChI=1S/HI.3Na.H2O3Se/c;;;;1-4(2)3/h1H;;;;(H2,1,2,3)/q;3*+1;/p-3. The van der Waals surface area contributed by atoms with Crippen LogP contribution in [0.15, 0.2) is 0 Å². The van der Waals surface area contributed by atoms with Crippen molar-refractivity contribution < 1.29 is 125 Å². The zero-order chi connectivity index (χ0) is 3.58. The summed E-state index contributed by atoms with van der Waals surface area (Å²) in [6.45, 7) is 0. The Balaban J connectivity index is -0.00000000750. The second-order valence-corrected chi connectivity index (χ2v) is 1.06. The van der Waals surface area contributed by atoms with Crippen molar-refractivity contribution in [3.8, 4) is 0 Å². The molecule has 0 amide bonds. The second kappa shape index (κ2) is 22.4. The molecule has 0 saturated heterocycles. The van der Waals surface area contributed by atoms with Crippen LogP contribution in [0.3, 0.4) is 0 Å². The summed E-state index contributed by atoms with van der Waals surface area (Å²) in [4.78, 5) is 0. The van der Waals surface area contributed by atoms with E-state index in [-0.39, 0.29) is 113 Å². The van der Waals surface area contributed by atoms with E-state index < -0.39 is 14.5 Å². The molecule has 3 nitrogen and oxygen atoms in total. The Hall–Kier alpha value is 3.97. The van der Waals surface area contributed by atoms with Crippen molar-refractivity contribution in [3.05, 3.63) is 0 Å². The van der Waals surface area contributed by atoms with Crippen LogP contribution in [0.2, 0.25) is 0 Å². The van der Waals surface area contributed by atoms with E-state index in [0.29, 0.717) is 0 Å². The molecule has 0 atom stereocenters. The number of hydrogen-bond donors (Lipinski definition) is 0. The van der Waals surface area contributed by atoms with Gasteiger partial charge in [-0.2, -0.15) is 0 Å². The first kappa shape index (κ1) is 29.7. The van der Waals surface area contributed by atoms with E-state index in [2.05, 4.69) is 0 Å². The first-order chi connectivity index (χ1) is 1.73. The Morgan fingerprint density at radius 3 is 1.00 bits per heavy atom. The predicted octanol–water partition coefficient (Wildman–Crippen LogP) is -14.9. The summed E-state index contributed by atoms with van der Waals surface area (Å²) in [6.07, 6.45) is 0. The van der Waals surface area contributed by atoms with Gasteiger partial charge in [0.05, 0.1) is 0 Å². The average molecular weight is 323 g/mol. The van der Waals surface area contributed by atoms with Crippen molar-refractivity contribution in [2.45, 2.75) is 0 Å². The first-order valence-electron chi connectivity index (χ1n) is 0.500. The van der Waals surface area contributed by atoms with Gasteiger partial charge in [-0.1, -0.05) is 0 Å². The summed E-state index contributed by atoms with van der Waals surface area (Å²) in [5.41, 5.74) is 0. The Morgan fingerprint density at radius 1 is 1.00 bits per heavy atom. The Bertz CT molecular complexity index is 37.5. The maximum absolute atomic E-state index is 8.54. The van der Waals surface area contributed by atoms with E-state index in [1.54, 1.807) is 0 Å². The van der Waals surface area contributed by atoms with Gasteiger partial charge in [-0.25, -0.2) is 0 Å². The number of hydrogen-bond acceptors (Lipinski definition) is 3. The molecule has 0 aliphatic rings. The van der Waals surface area contributed by atoms with Gasteiger partial charge in [-0.3, -0.25) is 0 Å². The summed E-state index contributed by atoms with van der Waals surface area (Å²) < 4.78 is 25.6. The third-order valence-electron chi connectivity index (χ3n) is 0. The second-order valence-electron chi connectivity index (χ2n) is 0.204. The van der Waals surface area contributed by atoms with Gasteiger partial charge < -0.3 is 24.0 Å². The minimum absolute atomic E-state index is 0. The summed E-state index contributed by atoms with van der Waals surface area (Å²) in [6, 6.07) is 0. The van der Waals surface area contributed by atoms with Gasteiger partial charge >= 0.3 is 115 Å². The fraction of sp³-hybridized carbons (Fsp3) is 0. The molecule has 0 aromatic heterocycles. The maximum atomic E-state index is 8.54. The molecule has 8 heteroatoms. The number of rotatable bonds is 0. The van der Waals surface area contributed by atoms with Crippen LogP contribution in [0.4, 0.5) is 0 Å². The van der Waals surface area contributed by atoms with Crippen molar-refractivity contribution in [2.75, 3.05) is 0 Å². The largest absolute Gasteiger partial charge is 1.00 e. The van der Waals surface area contributed by atoms with Crippen molar-refractivity contribution in [1.29, 1.82) is 0 Å². The van der Waals surface area contributed by atoms with Crippen molar-refractivity contribution >= 4 is 14.5 Å².